The summed E-state index contributed by atoms with van der Waals surface area (Å²) in [5.74, 6) is 0. The maximum Gasteiger partial charge on any atom is 0.263 e. The van der Waals surface area contributed by atoms with E-state index in [9.17, 15) is 8.42 Å². The zero-order chi connectivity index (χ0) is 16.3. The Labute approximate surface area is 133 Å². The predicted molar refractivity (Wildman–Crippen MR) is 85.5 cm³/mol. The number of nitrogens with one attached hydrogen (secondary N) is 1. The molecule has 0 atom stereocenters. The second kappa shape index (κ2) is 5.94. The molecule has 1 heterocycles. The van der Waals surface area contributed by atoms with Gasteiger partial charge in [0.05, 0.1) is 16.9 Å². The molecule has 0 bridgehead atoms. The highest BCUT2D eigenvalue weighted by Crippen LogP contribution is 2.20. The van der Waals surface area contributed by atoms with E-state index in [0.717, 1.165) is 5.69 Å². The molecule has 0 radical (unpaired) electrons. The van der Waals surface area contributed by atoms with Crippen LogP contribution in [0.5, 0.6) is 0 Å². The first-order chi connectivity index (χ1) is 11.1. The molecular weight excluding hydrogens is 312 g/mol. The Morgan fingerprint density at radius 2 is 1.91 bits per heavy atom. The van der Waals surface area contributed by atoms with Crippen LogP contribution in [-0.4, -0.2) is 18.2 Å². The second-order valence-electron chi connectivity index (χ2n) is 4.71. The van der Waals surface area contributed by atoms with Crippen molar-refractivity contribution in [2.24, 2.45) is 0 Å². The van der Waals surface area contributed by atoms with Gasteiger partial charge in [-0.3, -0.25) is 4.72 Å². The van der Waals surface area contributed by atoms with E-state index >= 15 is 0 Å². The molecule has 0 spiro atoms. The fourth-order valence-corrected chi connectivity index (χ4v) is 3.35. The summed E-state index contributed by atoms with van der Waals surface area (Å²) in [6, 6.07) is 16.6. The normalized spacial score (nSPS) is 10.9. The minimum absolute atomic E-state index is 0.0491. The largest absolute Gasteiger partial charge is 0.280 e. The third-order valence-electron chi connectivity index (χ3n) is 3.16. The van der Waals surface area contributed by atoms with Gasteiger partial charge in [-0.1, -0.05) is 18.2 Å². The molecule has 7 heteroatoms. The lowest BCUT2D eigenvalue weighted by Crippen LogP contribution is -2.14. The summed E-state index contributed by atoms with van der Waals surface area (Å²) in [7, 11) is -3.84. The van der Waals surface area contributed by atoms with Crippen LogP contribution in [0, 0.1) is 11.3 Å². The molecule has 0 fully saturated rings. The molecule has 0 aliphatic rings. The summed E-state index contributed by atoms with van der Waals surface area (Å²) < 4.78 is 29.1. The van der Waals surface area contributed by atoms with Crippen molar-refractivity contribution in [1.82, 2.24) is 9.78 Å². The van der Waals surface area contributed by atoms with Crippen molar-refractivity contribution in [3.8, 4) is 11.8 Å². The highest BCUT2D eigenvalue weighted by atomic mass is 32.2. The number of sulfonamides is 1. The van der Waals surface area contributed by atoms with Gasteiger partial charge in [0.1, 0.15) is 11.0 Å². The fraction of sp³-hybridized carbons (Fsp3) is 0. The van der Waals surface area contributed by atoms with Gasteiger partial charge in [-0.25, -0.2) is 13.1 Å². The number of rotatable bonds is 4. The molecule has 23 heavy (non-hydrogen) atoms. The molecule has 0 aliphatic heterocycles. The summed E-state index contributed by atoms with van der Waals surface area (Å²) in [6.45, 7) is 0. The Bertz CT molecular complexity index is 973. The van der Waals surface area contributed by atoms with Crippen LogP contribution in [0.25, 0.3) is 5.69 Å². The maximum absolute atomic E-state index is 12.5. The van der Waals surface area contributed by atoms with Gasteiger partial charge in [-0.15, -0.1) is 0 Å². The summed E-state index contributed by atoms with van der Waals surface area (Å²) in [4.78, 5) is -0.0491. The summed E-state index contributed by atoms with van der Waals surface area (Å²) in [5, 5.41) is 13.2. The highest BCUT2D eigenvalue weighted by Gasteiger charge is 2.18. The minimum atomic E-state index is -3.84. The quantitative estimate of drug-likeness (QED) is 0.799. The number of hydrogen-bond acceptors (Lipinski definition) is 4. The zero-order valence-corrected chi connectivity index (χ0v) is 12.7. The van der Waals surface area contributed by atoms with E-state index in [1.54, 1.807) is 53.5 Å². The third kappa shape index (κ3) is 3.07. The van der Waals surface area contributed by atoms with Crippen molar-refractivity contribution in [1.29, 1.82) is 5.26 Å². The molecule has 0 aliphatic carbocycles. The molecule has 0 amide bonds. The van der Waals surface area contributed by atoms with Crippen molar-refractivity contribution >= 4 is 15.7 Å². The molecule has 1 N–H and O–H groups in total. The highest BCUT2D eigenvalue weighted by molar-refractivity contribution is 7.92. The van der Waals surface area contributed by atoms with Crippen LogP contribution in [-0.2, 0) is 10.0 Å². The Hall–Kier alpha value is -3.11. The van der Waals surface area contributed by atoms with Crippen molar-refractivity contribution in [2.45, 2.75) is 4.90 Å². The van der Waals surface area contributed by atoms with Gasteiger partial charge in [0.15, 0.2) is 0 Å². The second-order valence-corrected chi connectivity index (χ2v) is 6.37. The molecule has 0 saturated carbocycles. The number of nitrogens with zero attached hydrogens (tertiary/aromatic N) is 3. The number of anilines is 1. The lowest BCUT2D eigenvalue weighted by atomic mass is 10.2. The number of hydrogen-bond donors (Lipinski definition) is 1. The smallest absolute Gasteiger partial charge is 0.263 e. The molecular formula is C16H12N4O2S. The van der Waals surface area contributed by atoms with Crippen LogP contribution in [0.4, 0.5) is 5.69 Å². The van der Waals surface area contributed by atoms with Gasteiger partial charge >= 0.3 is 0 Å². The fourth-order valence-electron chi connectivity index (χ4n) is 2.14. The zero-order valence-electron chi connectivity index (χ0n) is 11.9. The molecule has 0 unspecified atom stereocenters. The van der Waals surface area contributed by atoms with E-state index in [4.69, 9.17) is 5.26 Å². The van der Waals surface area contributed by atoms with Crippen LogP contribution >= 0.6 is 0 Å². The number of benzene rings is 2. The lowest BCUT2D eigenvalue weighted by molar-refractivity contribution is 0.601. The van der Waals surface area contributed by atoms with Gasteiger partial charge in [0.25, 0.3) is 10.0 Å². The van der Waals surface area contributed by atoms with Crippen molar-refractivity contribution < 1.29 is 8.42 Å². The van der Waals surface area contributed by atoms with Crippen LogP contribution in [0.1, 0.15) is 5.56 Å². The molecule has 3 aromatic rings. The maximum atomic E-state index is 12.5. The molecule has 2 aromatic carbocycles. The first-order valence-electron chi connectivity index (χ1n) is 6.72. The molecule has 114 valence electrons. The monoisotopic (exact) mass is 324 g/mol. The summed E-state index contributed by atoms with van der Waals surface area (Å²) >= 11 is 0. The van der Waals surface area contributed by atoms with Crippen molar-refractivity contribution in [2.75, 3.05) is 4.72 Å². The average Bonchev–Trinajstić information content (AvgIpc) is 3.09. The molecule has 0 saturated heterocycles. The molecule has 1 aromatic heterocycles. The first-order valence-corrected chi connectivity index (χ1v) is 8.20. The lowest BCUT2D eigenvalue weighted by Gasteiger charge is -2.10. The first kappa shape index (κ1) is 14.8. The number of nitriles is 1. The van der Waals surface area contributed by atoms with E-state index < -0.39 is 10.0 Å². The predicted octanol–water partition coefficient (Wildman–Crippen LogP) is 2.54. The average molecular weight is 324 g/mol. The van der Waals surface area contributed by atoms with E-state index in [2.05, 4.69) is 9.82 Å². The van der Waals surface area contributed by atoms with Crippen LogP contribution in [0.15, 0.2) is 71.9 Å². The Morgan fingerprint density at radius 1 is 1.09 bits per heavy atom. The summed E-state index contributed by atoms with van der Waals surface area (Å²) in [5.41, 5.74) is 1.22. The number of aromatic nitrogens is 2. The topological polar surface area (TPSA) is 87.8 Å². The Kier molecular flexibility index (Phi) is 3.83. The summed E-state index contributed by atoms with van der Waals surface area (Å²) in [6.07, 6.45) is 3.40. The van der Waals surface area contributed by atoms with Gasteiger partial charge in [0, 0.05) is 12.4 Å². The van der Waals surface area contributed by atoms with Crippen LogP contribution in [0.3, 0.4) is 0 Å². The minimum Gasteiger partial charge on any atom is -0.280 e. The Balaban J connectivity index is 1.96. The van der Waals surface area contributed by atoms with E-state index in [-0.39, 0.29) is 10.5 Å². The SMILES string of the molecule is N#Cc1ccccc1S(=O)(=O)Nc1cccc(-n2cccn2)c1. The Morgan fingerprint density at radius 3 is 2.65 bits per heavy atom. The van der Waals surface area contributed by atoms with Crippen LogP contribution < -0.4 is 4.72 Å². The molecule has 6 nitrogen and oxygen atoms in total. The van der Waals surface area contributed by atoms with Gasteiger partial charge in [-0.05, 0) is 36.4 Å². The van der Waals surface area contributed by atoms with Gasteiger partial charge < -0.3 is 0 Å². The standard InChI is InChI=1S/C16H12N4O2S/c17-12-13-5-1-2-8-16(13)23(21,22)19-14-6-3-7-15(11-14)20-10-4-9-18-20/h1-11,19H. The van der Waals surface area contributed by atoms with Gasteiger partial charge in [-0.2, -0.15) is 10.4 Å². The third-order valence-corrected chi connectivity index (χ3v) is 4.60. The van der Waals surface area contributed by atoms with E-state index in [1.165, 1.54) is 12.1 Å². The van der Waals surface area contributed by atoms with E-state index in [0.29, 0.717) is 5.69 Å². The van der Waals surface area contributed by atoms with Crippen molar-refractivity contribution in [3.63, 3.8) is 0 Å². The molecule has 3 rings (SSSR count). The van der Waals surface area contributed by atoms with Gasteiger partial charge in [0.2, 0.25) is 0 Å². The van der Waals surface area contributed by atoms with Crippen molar-refractivity contribution in [3.05, 3.63) is 72.6 Å². The van der Waals surface area contributed by atoms with Crippen LogP contribution in [0.2, 0.25) is 0 Å². The van der Waals surface area contributed by atoms with E-state index in [1.807, 2.05) is 12.1 Å².